The van der Waals surface area contributed by atoms with Crippen LogP contribution in [0.15, 0.2) is 47.1 Å². The predicted octanol–water partition coefficient (Wildman–Crippen LogP) is 4.12. The van der Waals surface area contributed by atoms with Gasteiger partial charge >= 0.3 is 0 Å². The van der Waals surface area contributed by atoms with Crippen molar-refractivity contribution >= 4 is 41.0 Å². The molecular weight excluding hydrogens is 375 g/mol. The van der Waals surface area contributed by atoms with Gasteiger partial charge in [0.1, 0.15) is 11.5 Å². The summed E-state index contributed by atoms with van der Waals surface area (Å²) in [5, 5.41) is 3.66. The molecule has 1 N–H and O–H groups in total. The van der Waals surface area contributed by atoms with E-state index in [0.717, 1.165) is 11.1 Å². The van der Waals surface area contributed by atoms with E-state index < -0.39 is 0 Å². The molecule has 0 aromatic heterocycles. The number of nitrogens with zero attached hydrogens (tertiary/aromatic N) is 1. The third-order valence-electron chi connectivity index (χ3n) is 3.81. The topological polar surface area (TPSA) is 59.9 Å². The molecule has 2 aromatic carbocycles. The molecule has 1 aliphatic rings. The number of hydrogen-bond donors (Lipinski definition) is 1. The lowest BCUT2D eigenvalue weighted by Gasteiger charge is -2.09. The molecule has 134 valence electrons. The first-order valence-corrected chi connectivity index (χ1v) is 8.52. The first-order chi connectivity index (χ1) is 12.5. The molecule has 1 heterocycles. The van der Waals surface area contributed by atoms with Crippen LogP contribution in [0.3, 0.4) is 0 Å². The largest absolute Gasteiger partial charge is 0.493 e. The van der Waals surface area contributed by atoms with Crippen molar-refractivity contribution in [2.75, 3.05) is 14.2 Å². The average molecular weight is 391 g/mol. The monoisotopic (exact) mass is 390 g/mol. The number of amidine groups is 1. The maximum Gasteiger partial charge on any atom is 0.275 e. The van der Waals surface area contributed by atoms with Crippen LogP contribution in [0.25, 0.3) is 6.08 Å². The number of methoxy groups -OCH3 is 2. The van der Waals surface area contributed by atoms with Gasteiger partial charge in [0, 0.05) is 6.42 Å². The molecule has 0 saturated heterocycles. The van der Waals surface area contributed by atoms with E-state index in [-0.39, 0.29) is 5.91 Å². The van der Waals surface area contributed by atoms with Gasteiger partial charge in [-0.15, -0.1) is 0 Å². The fourth-order valence-electron chi connectivity index (χ4n) is 2.54. The minimum Gasteiger partial charge on any atom is -0.493 e. The molecule has 0 saturated carbocycles. The Hall–Kier alpha value is -2.50. The Morgan fingerprint density at radius 3 is 2.50 bits per heavy atom. The zero-order valence-corrected chi connectivity index (χ0v) is 15.7. The Kier molecular flexibility index (Phi) is 5.49. The molecule has 0 atom stereocenters. The molecule has 0 aliphatic carbocycles. The van der Waals surface area contributed by atoms with E-state index >= 15 is 0 Å². The summed E-state index contributed by atoms with van der Waals surface area (Å²) in [4.78, 5) is 16.5. The van der Waals surface area contributed by atoms with Crippen LogP contribution in [-0.2, 0) is 11.2 Å². The molecule has 5 nitrogen and oxygen atoms in total. The van der Waals surface area contributed by atoms with Gasteiger partial charge < -0.3 is 14.8 Å². The van der Waals surface area contributed by atoms with Crippen LogP contribution in [0.2, 0.25) is 10.0 Å². The summed E-state index contributed by atoms with van der Waals surface area (Å²) in [5.74, 6) is 1.58. The maximum atomic E-state index is 12.2. The van der Waals surface area contributed by atoms with Gasteiger partial charge in [0.05, 0.1) is 24.3 Å². The van der Waals surface area contributed by atoms with Crippen LogP contribution in [0, 0.1) is 0 Å². The van der Waals surface area contributed by atoms with Crippen LogP contribution in [0.1, 0.15) is 11.1 Å². The molecule has 1 amide bonds. The number of ether oxygens (including phenoxy) is 2. The molecular formula is C19H16Cl2N2O3. The number of nitrogens with one attached hydrogen (secondary N) is 1. The zero-order chi connectivity index (χ0) is 18.7. The highest BCUT2D eigenvalue weighted by Crippen LogP contribution is 2.28. The molecule has 0 unspecified atom stereocenters. The smallest absolute Gasteiger partial charge is 0.275 e. The third-order valence-corrected chi connectivity index (χ3v) is 4.55. The summed E-state index contributed by atoms with van der Waals surface area (Å²) in [6, 6.07) is 10.7. The Morgan fingerprint density at radius 2 is 1.81 bits per heavy atom. The standard InChI is InChI=1S/C19H16Cl2N2O3/c1-25-16-6-4-12(9-17(16)26-2)10-18-22-15(19(24)23-18)8-11-3-5-13(20)14(21)7-11/h3-9H,10H2,1-2H3,(H,22,23,24)/b15-8+. The van der Waals surface area contributed by atoms with Gasteiger partial charge in [-0.05, 0) is 41.5 Å². The Morgan fingerprint density at radius 1 is 1.04 bits per heavy atom. The van der Waals surface area contributed by atoms with Crippen LogP contribution < -0.4 is 14.8 Å². The van der Waals surface area contributed by atoms with Crippen molar-refractivity contribution in [3.05, 3.63) is 63.3 Å². The molecule has 3 rings (SSSR count). The second-order valence-corrected chi connectivity index (χ2v) is 6.40. The second kappa shape index (κ2) is 7.81. The molecule has 2 aromatic rings. The maximum absolute atomic E-state index is 12.2. The lowest BCUT2D eigenvalue weighted by Crippen LogP contribution is -2.25. The summed E-state index contributed by atoms with van der Waals surface area (Å²) in [6.07, 6.45) is 2.13. The fourth-order valence-corrected chi connectivity index (χ4v) is 2.85. The summed E-state index contributed by atoms with van der Waals surface area (Å²) < 4.78 is 10.5. The van der Waals surface area contributed by atoms with E-state index in [1.165, 1.54) is 0 Å². The normalized spacial score (nSPS) is 15.0. The lowest BCUT2D eigenvalue weighted by molar-refractivity contribution is -0.115. The van der Waals surface area contributed by atoms with Crippen LogP contribution >= 0.6 is 23.2 Å². The van der Waals surface area contributed by atoms with Crippen molar-refractivity contribution in [1.82, 2.24) is 5.32 Å². The van der Waals surface area contributed by atoms with E-state index in [1.807, 2.05) is 18.2 Å². The van der Waals surface area contributed by atoms with E-state index in [0.29, 0.717) is 39.5 Å². The predicted molar refractivity (Wildman–Crippen MR) is 103 cm³/mol. The number of amides is 1. The molecule has 1 aliphatic heterocycles. The SMILES string of the molecule is COc1ccc(CC2=N/C(=C/c3ccc(Cl)c(Cl)c3)C(=O)N2)cc1OC. The van der Waals surface area contributed by atoms with Crippen molar-refractivity contribution in [2.45, 2.75) is 6.42 Å². The summed E-state index contributed by atoms with van der Waals surface area (Å²) in [5.41, 5.74) is 2.01. The highest BCUT2D eigenvalue weighted by atomic mass is 35.5. The van der Waals surface area contributed by atoms with Crippen molar-refractivity contribution < 1.29 is 14.3 Å². The van der Waals surface area contributed by atoms with E-state index in [2.05, 4.69) is 10.3 Å². The summed E-state index contributed by atoms with van der Waals surface area (Å²) >= 11 is 11.9. The minimum absolute atomic E-state index is 0.258. The quantitative estimate of drug-likeness (QED) is 0.780. The lowest BCUT2D eigenvalue weighted by atomic mass is 10.1. The van der Waals surface area contributed by atoms with E-state index in [1.54, 1.807) is 38.5 Å². The van der Waals surface area contributed by atoms with Gasteiger partial charge in [-0.2, -0.15) is 0 Å². The van der Waals surface area contributed by atoms with Crippen LogP contribution in [0.5, 0.6) is 11.5 Å². The highest BCUT2D eigenvalue weighted by Gasteiger charge is 2.20. The summed E-state index contributed by atoms with van der Waals surface area (Å²) in [7, 11) is 3.16. The Bertz CT molecular complexity index is 923. The number of hydrogen-bond acceptors (Lipinski definition) is 4. The van der Waals surface area contributed by atoms with Gasteiger partial charge in [-0.3, -0.25) is 4.79 Å². The van der Waals surface area contributed by atoms with Gasteiger partial charge in [0.2, 0.25) is 0 Å². The Balaban J connectivity index is 1.82. The van der Waals surface area contributed by atoms with Crippen LogP contribution in [0.4, 0.5) is 0 Å². The fraction of sp³-hybridized carbons (Fsp3) is 0.158. The van der Waals surface area contributed by atoms with Gasteiger partial charge in [0.15, 0.2) is 11.5 Å². The van der Waals surface area contributed by atoms with Crippen molar-refractivity contribution in [3.8, 4) is 11.5 Å². The molecule has 0 bridgehead atoms. The van der Waals surface area contributed by atoms with E-state index in [4.69, 9.17) is 32.7 Å². The number of rotatable bonds is 5. The van der Waals surface area contributed by atoms with Crippen LogP contribution in [-0.4, -0.2) is 26.0 Å². The van der Waals surface area contributed by atoms with Crippen molar-refractivity contribution in [1.29, 1.82) is 0 Å². The number of halogens is 2. The Labute approximate surface area is 161 Å². The molecule has 0 spiro atoms. The first-order valence-electron chi connectivity index (χ1n) is 7.76. The number of benzene rings is 2. The van der Waals surface area contributed by atoms with Gasteiger partial charge in [-0.25, -0.2) is 4.99 Å². The number of aliphatic imine (C=N–C) groups is 1. The highest BCUT2D eigenvalue weighted by molar-refractivity contribution is 6.42. The molecule has 0 radical (unpaired) electrons. The third kappa shape index (κ3) is 4.00. The number of carbonyl (C=O) groups is 1. The van der Waals surface area contributed by atoms with E-state index in [9.17, 15) is 4.79 Å². The van der Waals surface area contributed by atoms with Crippen molar-refractivity contribution in [2.24, 2.45) is 4.99 Å². The molecule has 0 fully saturated rings. The molecule has 26 heavy (non-hydrogen) atoms. The summed E-state index contributed by atoms with van der Waals surface area (Å²) in [6.45, 7) is 0. The van der Waals surface area contributed by atoms with Crippen molar-refractivity contribution in [3.63, 3.8) is 0 Å². The minimum atomic E-state index is -0.258. The molecule has 7 heteroatoms. The van der Waals surface area contributed by atoms with Gasteiger partial charge in [0.25, 0.3) is 5.91 Å². The first kappa shape index (κ1) is 18.3. The van der Waals surface area contributed by atoms with Gasteiger partial charge in [-0.1, -0.05) is 35.3 Å². The zero-order valence-electron chi connectivity index (χ0n) is 14.2. The average Bonchev–Trinajstić information content (AvgIpc) is 2.97. The second-order valence-electron chi connectivity index (χ2n) is 5.58. The number of carbonyl (C=O) groups excluding carboxylic acids is 1.